The molecule has 13 aromatic rings. The van der Waals surface area contributed by atoms with Crippen LogP contribution in [0.25, 0.3) is 104 Å². The second-order valence-electron chi connectivity index (χ2n) is 17.7. The molecule has 0 bridgehead atoms. The number of hydrogen-bond donors (Lipinski definition) is 0. The maximum Gasteiger partial charge on any atom is 0.0547 e. The van der Waals surface area contributed by atoms with Crippen molar-refractivity contribution in [2.24, 2.45) is 0 Å². The van der Waals surface area contributed by atoms with E-state index in [1.54, 1.807) is 0 Å². The summed E-state index contributed by atoms with van der Waals surface area (Å²) in [6.07, 6.45) is 0. The fourth-order valence-electron chi connectivity index (χ4n) is 10.4. The molecule has 0 N–H and O–H groups in total. The maximum atomic E-state index is 2.42. The number of nitrogens with zero attached hydrogens (tertiary/aromatic N) is 2. The number of benzene rings is 12. The third kappa shape index (κ3) is 6.90. The van der Waals surface area contributed by atoms with E-state index in [2.05, 4.69) is 276 Å². The smallest absolute Gasteiger partial charge is 0.0547 e. The minimum atomic E-state index is 1.08. The fraction of sp³-hybridized carbons (Fsp3) is 0. The lowest BCUT2D eigenvalue weighted by Crippen LogP contribution is -2.10. The van der Waals surface area contributed by atoms with Gasteiger partial charge in [0.2, 0.25) is 0 Å². The predicted octanol–water partition coefficient (Wildman–Crippen LogP) is 18.4. The third-order valence-electron chi connectivity index (χ3n) is 13.7. The normalized spacial score (nSPS) is 11.5. The Kier molecular flexibility index (Phi) is 9.54. The lowest BCUT2D eigenvalue weighted by atomic mass is 9.96. The Labute approximate surface area is 395 Å². The van der Waals surface area contributed by atoms with Crippen LogP contribution in [0.1, 0.15) is 0 Å². The standard InChI is InChI=1S/C66H44N2/c1-3-14-45(15-4-1)49-19-11-20-50(40-49)46-30-35-57(36-31-46)67(58-37-32-47(33-38-58)53-34-39-61-55(41-53)29-28-48-16-9-10-25-60(48)61)59-24-12-21-54(42-59)62-26-13-27-64-66(62)63-43-51-17-7-8-18-52(51)44-65(63)68(64)56-22-5-2-6-23-56/h1-44H. The maximum absolute atomic E-state index is 2.42. The van der Waals surface area contributed by atoms with Crippen molar-refractivity contribution in [1.82, 2.24) is 4.57 Å². The number of anilines is 3. The monoisotopic (exact) mass is 864 g/mol. The molecule has 0 saturated heterocycles. The molecule has 0 amide bonds. The Morgan fingerprint density at radius 1 is 0.250 bits per heavy atom. The zero-order chi connectivity index (χ0) is 45.0. The first-order valence-electron chi connectivity index (χ1n) is 23.4. The van der Waals surface area contributed by atoms with Gasteiger partial charge in [0.25, 0.3) is 0 Å². The predicted molar refractivity (Wildman–Crippen MR) is 290 cm³/mol. The molecule has 13 rings (SSSR count). The van der Waals surface area contributed by atoms with Crippen LogP contribution in [-0.2, 0) is 0 Å². The van der Waals surface area contributed by atoms with Crippen LogP contribution < -0.4 is 4.90 Å². The molecular formula is C66H44N2. The summed E-state index contributed by atoms with van der Waals surface area (Å²) in [7, 11) is 0. The van der Waals surface area contributed by atoms with Gasteiger partial charge in [0.05, 0.1) is 11.0 Å². The van der Waals surface area contributed by atoms with E-state index < -0.39 is 0 Å². The molecule has 0 aliphatic carbocycles. The topological polar surface area (TPSA) is 8.17 Å². The van der Waals surface area contributed by atoms with Crippen LogP contribution >= 0.6 is 0 Å². The van der Waals surface area contributed by atoms with E-state index in [0.717, 1.165) is 28.3 Å². The summed E-state index contributed by atoms with van der Waals surface area (Å²) in [5, 5.41) is 10.0. The summed E-state index contributed by atoms with van der Waals surface area (Å²) < 4.78 is 2.42. The second-order valence-corrected chi connectivity index (χ2v) is 17.7. The van der Waals surface area contributed by atoms with E-state index in [9.17, 15) is 0 Å². The van der Waals surface area contributed by atoms with Gasteiger partial charge < -0.3 is 9.47 Å². The number of rotatable bonds is 8. The zero-order valence-electron chi connectivity index (χ0n) is 37.3. The van der Waals surface area contributed by atoms with E-state index in [1.807, 2.05) is 0 Å². The van der Waals surface area contributed by atoms with Crippen molar-refractivity contribution >= 4 is 71.2 Å². The van der Waals surface area contributed by atoms with Gasteiger partial charge in [-0.25, -0.2) is 0 Å². The van der Waals surface area contributed by atoms with E-state index in [1.165, 1.54) is 93.1 Å². The summed E-state index contributed by atoms with van der Waals surface area (Å²) in [6, 6.07) is 97.5. The molecule has 0 aliphatic rings. The van der Waals surface area contributed by atoms with Crippen molar-refractivity contribution in [3.05, 3.63) is 267 Å². The molecule has 0 aliphatic heterocycles. The minimum Gasteiger partial charge on any atom is -0.310 e. The van der Waals surface area contributed by atoms with Crippen LogP contribution in [0.15, 0.2) is 267 Å². The highest BCUT2D eigenvalue weighted by molar-refractivity contribution is 6.19. The van der Waals surface area contributed by atoms with Gasteiger partial charge in [0.15, 0.2) is 0 Å². The van der Waals surface area contributed by atoms with Gasteiger partial charge in [-0.2, -0.15) is 0 Å². The molecule has 0 unspecified atom stereocenters. The molecule has 1 aromatic heterocycles. The molecule has 2 nitrogen and oxygen atoms in total. The van der Waals surface area contributed by atoms with E-state index in [4.69, 9.17) is 0 Å². The molecule has 318 valence electrons. The van der Waals surface area contributed by atoms with Crippen LogP contribution in [0.2, 0.25) is 0 Å². The van der Waals surface area contributed by atoms with Crippen LogP contribution in [-0.4, -0.2) is 4.57 Å². The average molecular weight is 865 g/mol. The highest BCUT2D eigenvalue weighted by Crippen LogP contribution is 2.43. The first-order valence-corrected chi connectivity index (χ1v) is 23.4. The number of fused-ring (bicyclic) bond motifs is 7. The van der Waals surface area contributed by atoms with Crippen LogP contribution in [0.5, 0.6) is 0 Å². The van der Waals surface area contributed by atoms with Crippen molar-refractivity contribution in [3.63, 3.8) is 0 Å². The molecule has 1 heterocycles. The first-order chi connectivity index (χ1) is 33.7. The van der Waals surface area contributed by atoms with Gasteiger partial charge in [-0.1, -0.05) is 188 Å². The largest absolute Gasteiger partial charge is 0.310 e. The molecule has 0 radical (unpaired) electrons. The summed E-state index contributed by atoms with van der Waals surface area (Å²) in [5.74, 6) is 0. The zero-order valence-corrected chi connectivity index (χ0v) is 37.3. The molecule has 0 saturated carbocycles. The van der Waals surface area contributed by atoms with Crippen molar-refractivity contribution in [2.75, 3.05) is 4.90 Å². The minimum absolute atomic E-state index is 1.08. The van der Waals surface area contributed by atoms with Gasteiger partial charge in [-0.15, -0.1) is 0 Å². The quantitative estimate of drug-likeness (QED) is 0.138. The van der Waals surface area contributed by atoms with Gasteiger partial charge in [-0.05, 0) is 156 Å². The summed E-state index contributed by atoms with van der Waals surface area (Å²) in [6.45, 7) is 0. The lowest BCUT2D eigenvalue weighted by molar-refractivity contribution is 1.18. The van der Waals surface area contributed by atoms with Gasteiger partial charge in [0, 0.05) is 33.5 Å². The Hall–Kier alpha value is -8.98. The van der Waals surface area contributed by atoms with Crippen LogP contribution in [0.4, 0.5) is 17.1 Å². The third-order valence-corrected chi connectivity index (χ3v) is 13.7. The van der Waals surface area contributed by atoms with E-state index >= 15 is 0 Å². The van der Waals surface area contributed by atoms with Crippen molar-refractivity contribution in [1.29, 1.82) is 0 Å². The van der Waals surface area contributed by atoms with Crippen molar-refractivity contribution in [3.8, 4) is 50.2 Å². The highest BCUT2D eigenvalue weighted by Gasteiger charge is 2.20. The number of hydrogen-bond acceptors (Lipinski definition) is 1. The van der Waals surface area contributed by atoms with Gasteiger partial charge >= 0.3 is 0 Å². The summed E-state index contributed by atoms with van der Waals surface area (Å²) in [5.41, 5.74) is 16.3. The van der Waals surface area contributed by atoms with Crippen LogP contribution in [0.3, 0.4) is 0 Å². The Balaban J connectivity index is 0.940. The van der Waals surface area contributed by atoms with Gasteiger partial charge in [-0.3, -0.25) is 0 Å². The Bertz CT molecular complexity index is 4000. The summed E-state index contributed by atoms with van der Waals surface area (Å²) >= 11 is 0. The van der Waals surface area contributed by atoms with Crippen LogP contribution in [0, 0.1) is 0 Å². The highest BCUT2D eigenvalue weighted by atomic mass is 15.1. The molecule has 12 aromatic carbocycles. The average Bonchev–Trinajstić information content (AvgIpc) is 3.74. The van der Waals surface area contributed by atoms with Gasteiger partial charge in [0.1, 0.15) is 0 Å². The number of aromatic nitrogens is 1. The SMILES string of the molecule is c1ccc(-c2cccc(-c3ccc(N(c4ccc(-c5ccc6c(ccc7ccccc76)c5)cc4)c4cccc(-c5cccc6c5c5cc7ccccc7cc5n6-c5ccccc5)c4)cc3)c2)cc1. The molecule has 68 heavy (non-hydrogen) atoms. The lowest BCUT2D eigenvalue weighted by Gasteiger charge is -2.26. The second kappa shape index (κ2) is 16.5. The van der Waals surface area contributed by atoms with E-state index in [0.29, 0.717) is 0 Å². The molecule has 0 fully saturated rings. The summed E-state index contributed by atoms with van der Waals surface area (Å²) in [4.78, 5) is 2.39. The molecule has 0 spiro atoms. The van der Waals surface area contributed by atoms with Crippen molar-refractivity contribution < 1.29 is 0 Å². The number of para-hydroxylation sites is 1. The fourth-order valence-corrected chi connectivity index (χ4v) is 10.4. The Morgan fingerprint density at radius 2 is 0.779 bits per heavy atom. The molecule has 0 atom stereocenters. The van der Waals surface area contributed by atoms with Crippen molar-refractivity contribution in [2.45, 2.75) is 0 Å². The Morgan fingerprint density at radius 3 is 1.51 bits per heavy atom. The first kappa shape index (κ1) is 39.4. The molecular weight excluding hydrogens is 821 g/mol. The molecule has 2 heteroatoms. The van der Waals surface area contributed by atoms with E-state index in [-0.39, 0.29) is 0 Å².